The molecule has 0 bridgehead atoms. The van der Waals surface area contributed by atoms with E-state index in [0.717, 1.165) is 0 Å². The summed E-state index contributed by atoms with van der Waals surface area (Å²) in [4.78, 5) is 12.7. The van der Waals surface area contributed by atoms with Crippen LogP contribution < -0.4 is 10.1 Å². The van der Waals surface area contributed by atoms with Gasteiger partial charge in [0.15, 0.2) is 0 Å². The van der Waals surface area contributed by atoms with Crippen molar-refractivity contribution in [2.24, 2.45) is 5.10 Å². The van der Waals surface area contributed by atoms with Crippen molar-refractivity contribution in [1.82, 2.24) is 10.1 Å². The molecule has 8 heteroatoms. The van der Waals surface area contributed by atoms with E-state index in [1.54, 1.807) is 44.3 Å². The number of benzene rings is 2. The van der Waals surface area contributed by atoms with Crippen LogP contribution in [0.15, 0.2) is 52.5 Å². The van der Waals surface area contributed by atoms with Crippen LogP contribution in [0.1, 0.15) is 22.8 Å². The van der Waals surface area contributed by atoms with Crippen LogP contribution in [0.5, 0.6) is 5.75 Å². The Bertz CT molecular complexity index is 824. The number of aromatic hydroxyl groups is 1. The molecule has 0 aliphatic carbocycles. The minimum absolute atomic E-state index is 0.0151. The number of nitrogens with zero attached hydrogens (tertiary/aromatic N) is 1. The number of phenolic OH excluding ortho intramolecular Hbond substituents is 1. The topological polar surface area (TPSA) is 90.8 Å². The van der Waals surface area contributed by atoms with E-state index >= 15 is 0 Å². The Morgan fingerprint density at radius 2 is 2.00 bits per heavy atom. The Morgan fingerprint density at radius 1 is 1.25 bits per heavy atom. The third kappa shape index (κ3) is 4.41. The van der Waals surface area contributed by atoms with Gasteiger partial charge in [0.2, 0.25) is 0 Å². The van der Waals surface area contributed by atoms with Crippen molar-refractivity contribution in [3.05, 3.63) is 58.6 Å². The van der Waals surface area contributed by atoms with Crippen LogP contribution in [0.4, 0.5) is 0 Å². The van der Waals surface area contributed by atoms with Gasteiger partial charge in [0.1, 0.15) is 16.7 Å². The van der Waals surface area contributed by atoms with Crippen molar-refractivity contribution < 1.29 is 14.1 Å². The fourth-order valence-electron chi connectivity index (χ4n) is 1.93. The zero-order chi connectivity index (χ0) is 17.7. The lowest BCUT2D eigenvalue weighted by atomic mass is 10.1. The van der Waals surface area contributed by atoms with Crippen LogP contribution in [-0.2, 0) is 11.0 Å². The molecular formula is C16H16ClN3O3S. The molecule has 1 unspecified atom stereocenters. The molecule has 0 spiro atoms. The maximum absolute atomic E-state index is 12.2. The third-order valence-corrected chi connectivity index (χ3v) is 4.46. The minimum Gasteiger partial charge on any atom is -0.507 e. The highest BCUT2D eigenvalue weighted by Crippen LogP contribution is 2.22. The van der Waals surface area contributed by atoms with Crippen molar-refractivity contribution in [3.8, 4) is 5.75 Å². The summed E-state index contributed by atoms with van der Waals surface area (Å²) < 4.78 is 14.3. The number of amides is 1. The monoisotopic (exact) mass is 365 g/mol. The molecule has 6 nitrogen and oxygen atoms in total. The molecule has 0 radical (unpaired) electrons. The fraction of sp³-hybridized carbons (Fsp3) is 0.125. The number of hydrogen-bond acceptors (Lipinski definition) is 4. The zero-order valence-corrected chi connectivity index (χ0v) is 14.6. The summed E-state index contributed by atoms with van der Waals surface area (Å²) in [5, 5.41) is 14.2. The maximum atomic E-state index is 12.2. The van der Waals surface area contributed by atoms with Gasteiger partial charge in [-0.15, -0.1) is 0 Å². The first-order valence-electron chi connectivity index (χ1n) is 6.95. The van der Waals surface area contributed by atoms with Crippen molar-refractivity contribution >= 4 is 34.2 Å². The highest BCUT2D eigenvalue weighted by Gasteiger charge is 2.10. The Hall–Kier alpha value is -2.22. The van der Waals surface area contributed by atoms with Gasteiger partial charge in [0.25, 0.3) is 5.91 Å². The number of carbonyl (C=O) groups is 1. The lowest BCUT2D eigenvalue weighted by molar-refractivity contribution is 0.0954. The highest BCUT2D eigenvalue weighted by atomic mass is 35.5. The predicted octanol–water partition coefficient (Wildman–Crippen LogP) is 2.44. The summed E-state index contributed by atoms with van der Waals surface area (Å²) in [7, 11) is 0.185. The number of hydrogen-bond donors (Lipinski definition) is 3. The molecule has 2 aromatic rings. The summed E-state index contributed by atoms with van der Waals surface area (Å²) in [5.74, 6) is -0.438. The third-order valence-electron chi connectivity index (χ3n) is 3.17. The number of hydrazone groups is 1. The van der Waals surface area contributed by atoms with E-state index in [1.165, 1.54) is 12.1 Å². The summed E-state index contributed by atoms with van der Waals surface area (Å²) in [6.45, 7) is 1.64. The molecule has 0 aliphatic heterocycles. The first kappa shape index (κ1) is 18.1. The molecule has 0 aromatic heterocycles. The van der Waals surface area contributed by atoms with Gasteiger partial charge in [-0.1, -0.05) is 17.7 Å². The smallest absolute Gasteiger partial charge is 0.271 e. The maximum Gasteiger partial charge on any atom is 0.271 e. The Morgan fingerprint density at radius 3 is 2.71 bits per heavy atom. The van der Waals surface area contributed by atoms with Gasteiger partial charge in [-0.25, -0.2) is 14.4 Å². The molecular weight excluding hydrogens is 350 g/mol. The van der Waals surface area contributed by atoms with Gasteiger partial charge in [-0.2, -0.15) is 5.10 Å². The first-order valence-corrected chi connectivity index (χ1v) is 8.48. The Kier molecular flexibility index (Phi) is 6.08. The second-order valence-corrected chi connectivity index (χ2v) is 6.65. The van der Waals surface area contributed by atoms with Gasteiger partial charge in [-0.05, 0) is 50.4 Å². The van der Waals surface area contributed by atoms with Crippen LogP contribution in [-0.4, -0.2) is 28.0 Å². The Labute approximate surface area is 147 Å². The van der Waals surface area contributed by atoms with Crippen molar-refractivity contribution in [2.75, 3.05) is 7.05 Å². The SMILES string of the molecule is CNS(=O)c1cccc(C(=O)N/N=C(\C)c2cc(Cl)ccc2O)c1. The van der Waals surface area contributed by atoms with Gasteiger partial charge in [0.05, 0.1) is 10.6 Å². The highest BCUT2D eigenvalue weighted by molar-refractivity contribution is 7.83. The minimum atomic E-state index is -1.38. The molecule has 1 atom stereocenters. The van der Waals surface area contributed by atoms with Crippen LogP contribution in [0, 0.1) is 0 Å². The molecule has 126 valence electrons. The molecule has 0 fully saturated rings. The molecule has 24 heavy (non-hydrogen) atoms. The van der Waals surface area contributed by atoms with Gasteiger partial charge >= 0.3 is 0 Å². The average Bonchev–Trinajstić information content (AvgIpc) is 2.60. The van der Waals surface area contributed by atoms with Crippen LogP contribution in [0.2, 0.25) is 5.02 Å². The van der Waals surface area contributed by atoms with Crippen LogP contribution >= 0.6 is 11.6 Å². The van der Waals surface area contributed by atoms with E-state index in [0.29, 0.717) is 26.8 Å². The lowest BCUT2D eigenvalue weighted by Crippen LogP contribution is -2.20. The number of phenols is 1. The second-order valence-electron chi connectivity index (χ2n) is 4.80. The lowest BCUT2D eigenvalue weighted by Gasteiger charge is -2.06. The molecule has 0 saturated carbocycles. The van der Waals surface area contributed by atoms with E-state index in [4.69, 9.17) is 11.6 Å². The van der Waals surface area contributed by atoms with Gasteiger partial charge in [-0.3, -0.25) is 4.79 Å². The Balaban J connectivity index is 2.18. The van der Waals surface area contributed by atoms with Crippen LogP contribution in [0.25, 0.3) is 0 Å². The number of carbonyl (C=O) groups excluding carboxylic acids is 1. The van der Waals surface area contributed by atoms with Crippen LogP contribution in [0.3, 0.4) is 0 Å². The van der Waals surface area contributed by atoms with E-state index in [1.807, 2.05) is 0 Å². The fourth-order valence-corrected chi connectivity index (χ4v) is 2.77. The molecule has 0 saturated heterocycles. The summed E-state index contributed by atoms with van der Waals surface area (Å²) >= 11 is 5.89. The van der Waals surface area contributed by atoms with Crippen molar-refractivity contribution in [2.45, 2.75) is 11.8 Å². The number of halogens is 1. The van der Waals surface area contributed by atoms with E-state index in [-0.39, 0.29) is 5.75 Å². The van der Waals surface area contributed by atoms with Gasteiger partial charge in [0, 0.05) is 16.1 Å². The largest absolute Gasteiger partial charge is 0.507 e. The predicted molar refractivity (Wildman–Crippen MR) is 94.7 cm³/mol. The van der Waals surface area contributed by atoms with E-state index in [9.17, 15) is 14.1 Å². The van der Waals surface area contributed by atoms with E-state index in [2.05, 4.69) is 15.2 Å². The van der Waals surface area contributed by atoms with Crippen molar-refractivity contribution in [1.29, 1.82) is 0 Å². The molecule has 2 aromatic carbocycles. The first-order chi connectivity index (χ1) is 11.4. The van der Waals surface area contributed by atoms with Crippen molar-refractivity contribution in [3.63, 3.8) is 0 Å². The van der Waals surface area contributed by atoms with Gasteiger partial charge < -0.3 is 5.11 Å². The standard InChI is InChI=1S/C16H16ClN3O3S/c1-10(14-9-12(17)6-7-15(14)21)19-20-16(22)11-4-3-5-13(8-11)24(23)18-2/h3-9,18,21H,1-2H3,(H,20,22)/b19-10+. The molecule has 3 N–H and O–H groups in total. The number of rotatable bonds is 5. The molecule has 1 amide bonds. The molecule has 0 heterocycles. The zero-order valence-electron chi connectivity index (χ0n) is 13.0. The van der Waals surface area contributed by atoms with E-state index < -0.39 is 16.9 Å². The second kappa shape index (κ2) is 8.05. The average molecular weight is 366 g/mol. The molecule has 0 aliphatic rings. The normalized spacial score (nSPS) is 12.7. The summed E-state index contributed by atoms with van der Waals surface area (Å²) in [6.07, 6.45) is 0. The summed E-state index contributed by atoms with van der Waals surface area (Å²) in [6, 6.07) is 11.0. The summed E-state index contributed by atoms with van der Waals surface area (Å²) in [5.41, 5.74) is 3.55. The quantitative estimate of drug-likeness (QED) is 0.561. The number of nitrogens with one attached hydrogen (secondary N) is 2. The molecule has 2 rings (SSSR count).